The highest BCUT2D eigenvalue weighted by Gasteiger charge is 2.48. The second-order valence-corrected chi connectivity index (χ2v) is 17.9. The first-order valence-electron chi connectivity index (χ1n) is 25.5. The highest BCUT2D eigenvalue weighted by atomic mass is 16.6. The van der Waals surface area contributed by atoms with Gasteiger partial charge in [-0.25, -0.2) is 9.59 Å². The molecule has 5 atom stereocenters. The smallest absolute Gasteiger partial charge is 0.411 e. The number of nitrogens with zero attached hydrogens (tertiary/aromatic N) is 1. The molecule has 1 aromatic carbocycles. The SMILES string of the molecule is CCCCCCCCCCCCCCCCCCOC(=O)N(CCCCCCCCCCCCCCCCCC)[C@@H]1O[C@H](CO)[C@@H](O)[C@H](O)[C@@H]1NC(=O)OCc1ccccc1. The van der Waals surface area contributed by atoms with Crippen molar-refractivity contribution < 1.29 is 39.1 Å². The number of rotatable bonds is 39. The Labute approximate surface area is 372 Å². The monoisotopic (exact) mass is 861 g/mol. The molecule has 354 valence electrons. The van der Waals surface area contributed by atoms with Crippen molar-refractivity contribution in [2.75, 3.05) is 19.8 Å². The van der Waals surface area contributed by atoms with Gasteiger partial charge in [-0.05, 0) is 18.4 Å². The summed E-state index contributed by atoms with van der Waals surface area (Å²) in [5.74, 6) is 0. The van der Waals surface area contributed by atoms with Crippen molar-refractivity contribution in [1.29, 1.82) is 0 Å². The maximum atomic E-state index is 13.8. The third kappa shape index (κ3) is 26.7. The topological polar surface area (TPSA) is 138 Å². The Morgan fingerprint density at radius 2 is 0.984 bits per heavy atom. The van der Waals surface area contributed by atoms with Gasteiger partial charge < -0.3 is 34.8 Å². The number of nitrogens with one attached hydrogen (secondary N) is 1. The summed E-state index contributed by atoms with van der Waals surface area (Å²) in [6, 6.07) is 8.01. The summed E-state index contributed by atoms with van der Waals surface area (Å²) in [5, 5.41) is 34.7. The molecular formula is C51H92N2O8. The van der Waals surface area contributed by atoms with E-state index >= 15 is 0 Å². The highest BCUT2D eigenvalue weighted by Crippen LogP contribution is 2.26. The number of amides is 2. The molecule has 0 spiro atoms. The fraction of sp³-hybridized carbons (Fsp3) is 0.843. The Hall–Kier alpha value is -2.40. The average Bonchev–Trinajstić information content (AvgIpc) is 3.27. The largest absolute Gasteiger partial charge is 0.449 e. The van der Waals surface area contributed by atoms with Crippen LogP contribution in [-0.2, 0) is 20.8 Å². The maximum absolute atomic E-state index is 13.8. The van der Waals surface area contributed by atoms with E-state index in [9.17, 15) is 24.9 Å². The van der Waals surface area contributed by atoms with Crippen molar-refractivity contribution in [3.63, 3.8) is 0 Å². The summed E-state index contributed by atoms with van der Waals surface area (Å²) in [6.45, 7) is 4.50. The van der Waals surface area contributed by atoms with E-state index in [2.05, 4.69) is 19.2 Å². The summed E-state index contributed by atoms with van der Waals surface area (Å²) >= 11 is 0. The fourth-order valence-corrected chi connectivity index (χ4v) is 8.47. The summed E-state index contributed by atoms with van der Waals surface area (Å²) in [7, 11) is 0. The van der Waals surface area contributed by atoms with Crippen molar-refractivity contribution >= 4 is 12.2 Å². The molecule has 1 aliphatic rings. The lowest BCUT2D eigenvalue weighted by atomic mass is 9.95. The van der Waals surface area contributed by atoms with Crippen LogP contribution in [0.15, 0.2) is 30.3 Å². The third-order valence-electron chi connectivity index (χ3n) is 12.4. The van der Waals surface area contributed by atoms with Crippen molar-refractivity contribution in [3.8, 4) is 0 Å². The maximum Gasteiger partial charge on any atom is 0.411 e. The molecule has 10 heteroatoms. The second-order valence-electron chi connectivity index (χ2n) is 17.9. The first-order chi connectivity index (χ1) is 29.9. The zero-order chi connectivity index (χ0) is 44.0. The van der Waals surface area contributed by atoms with E-state index in [0.29, 0.717) is 6.42 Å². The fourth-order valence-electron chi connectivity index (χ4n) is 8.47. The molecule has 0 aromatic heterocycles. The second kappa shape index (κ2) is 38.1. The van der Waals surface area contributed by atoms with Crippen LogP contribution in [0, 0.1) is 0 Å². The summed E-state index contributed by atoms with van der Waals surface area (Å²) < 4.78 is 17.3. The molecule has 2 amide bonds. The lowest BCUT2D eigenvalue weighted by Gasteiger charge is -2.46. The van der Waals surface area contributed by atoms with Gasteiger partial charge in [-0.3, -0.25) is 4.90 Å². The Morgan fingerprint density at radius 1 is 0.574 bits per heavy atom. The number of ether oxygens (including phenoxy) is 3. The number of unbranched alkanes of at least 4 members (excludes halogenated alkanes) is 30. The molecule has 1 saturated heterocycles. The molecule has 10 nitrogen and oxygen atoms in total. The number of aliphatic hydroxyl groups excluding tert-OH is 3. The van der Waals surface area contributed by atoms with Crippen LogP contribution in [-0.4, -0.2) is 82.7 Å². The van der Waals surface area contributed by atoms with Crippen molar-refractivity contribution in [3.05, 3.63) is 35.9 Å². The Morgan fingerprint density at radius 3 is 1.41 bits per heavy atom. The van der Waals surface area contributed by atoms with E-state index in [-0.39, 0.29) is 19.8 Å². The van der Waals surface area contributed by atoms with Crippen LogP contribution < -0.4 is 5.32 Å². The van der Waals surface area contributed by atoms with E-state index < -0.39 is 49.4 Å². The number of carbonyl (C=O) groups is 2. The van der Waals surface area contributed by atoms with Crippen LogP contribution in [0.3, 0.4) is 0 Å². The summed E-state index contributed by atoms with van der Waals surface area (Å²) in [4.78, 5) is 28.2. The van der Waals surface area contributed by atoms with Crippen molar-refractivity contribution in [2.45, 2.75) is 257 Å². The van der Waals surface area contributed by atoms with E-state index in [1.54, 1.807) is 0 Å². The lowest BCUT2D eigenvalue weighted by molar-refractivity contribution is -0.225. The minimum absolute atomic E-state index is 0.00703. The Balaban J connectivity index is 1.82. The predicted molar refractivity (Wildman–Crippen MR) is 248 cm³/mol. The highest BCUT2D eigenvalue weighted by molar-refractivity contribution is 5.69. The molecule has 0 aliphatic carbocycles. The van der Waals surface area contributed by atoms with Gasteiger partial charge in [0, 0.05) is 6.54 Å². The number of benzene rings is 1. The lowest BCUT2D eigenvalue weighted by Crippen LogP contribution is -2.69. The third-order valence-corrected chi connectivity index (χ3v) is 12.4. The normalized spacial score (nSPS) is 18.9. The van der Waals surface area contributed by atoms with E-state index in [4.69, 9.17) is 14.2 Å². The zero-order valence-corrected chi connectivity index (χ0v) is 39.1. The van der Waals surface area contributed by atoms with Gasteiger partial charge >= 0.3 is 12.2 Å². The molecule has 1 aromatic rings. The van der Waals surface area contributed by atoms with Gasteiger partial charge in [-0.1, -0.05) is 237 Å². The van der Waals surface area contributed by atoms with Gasteiger partial charge in [0.05, 0.1) is 13.2 Å². The quantitative estimate of drug-likeness (QED) is 0.0480. The van der Waals surface area contributed by atoms with Crippen LogP contribution in [0.1, 0.15) is 225 Å². The predicted octanol–water partition coefficient (Wildman–Crippen LogP) is 12.7. The molecule has 4 N–H and O–H groups in total. The van der Waals surface area contributed by atoms with E-state index in [1.165, 1.54) is 165 Å². The molecule has 0 saturated carbocycles. The molecular weight excluding hydrogens is 769 g/mol. The molecule has 1 fully saturated rings. The molecule has 0 radical (unpaired) electrons. The number of aliphatic hydroxyl groups is 3. The summed E-state index contributed by atoms with van der Waals surface area (Å²) in [6.07, 6.45) is 33.1. The summed E-state index contributed by atoms with van der Waals surface area (Å²) in [5.41, 5.74) is 0.790. The van der Waals surface area contributed by atoms with Gasteiger partial charge in [-0.2, -0.15) is 0 Å². The minimum atomic E-state index is -1.53. The van der Waals surface area contributed by atoms with Crippen LogP contribution in [0.4, 0.5) is 9.59 Å². The zero-order valence-electron chi connectivity index (χ0n) is 39.1. The molecule has 0 bridgehead atoms. The van der Waals surface area contributed by atoms with Crippen molar-refractivity contribution in [2.24, 2.45) is 0 Å². The van der Waals surface area contributed by atoms with Gasteiger partial charge in [0.15, 0.2) is 6.23 Å². The Kier molecular flexibility index (Phi) is 34.2. The van der Waals surface area contributed by atoms with Gasteiger partial charge in [0.1, 0.15) is 31.0 Å². The van der Waals surface area contributed by atoms with Gasteiger partial charge in [-0.15, -0.1) is 0 Å². The molecule has 2 rings (SSSR count). The average molecular weight is 861 g/mol. The first-order valence-corrected chi connectivity index (χ1v) is 25.5. The molecule has 61 heavy (non-hydrogen) atoms. The number of alkyl carbamates (subject to hydrolysis) is 1. The molecule has 0 unspecified atom stereocenters. The van der Waals surface area contributed by atoms with Crippen molar-refractivity contribution in [1.82, 2.24) is 10.2 Å². The van der Waals surface area contributed by atoms with E-state index in [0.717, 1.165) is 44.1 Å². The van der Waals surface area contributed by atoms with E-state index in [1.807, 2.05) is 30.3 Å². The van der Waals surface area contributed by atoms with Crippen LogP contribution >= 0.6 is 0 Å². The van der Waals surface area contributed by atoms with Gasteiger partial charge in [0.25, 0.3) is 0 Å². The Bertz CT molecular complexity index is 1160. The first kappa shape index (κ1) is 54.7. The number of hydrogen-bond acceptors (Lipinski definition) is 8. The van der Waals surface area contributed by atoms with Gasteiger partial charge in [0.2, 0.25) is 0 Å². The molecule has 1 aliphatic heterocycles. The van der Waals surface area contributed by atoms with Crippen LogP contribution in [0.25, 0.3) is 0 Å². The standard InChI is InChI=1S/C51H92N2O8/c1-3-5-7-9-11-13-15-17-19-21-23-25-27-29-31-36-40-53(51(58)59-41-37-32-30-28-26-24-22-20-18-16-14-12-10-8-6-4-2)49-46(48(56)47(55)45(42-54)61-49)52-50(57)60-43-44-38-34-33-35-39-44/h33-35,38-39,45-49,54-56H,3-32,36-37,40-43H2,1-2H3,(H,52,57)/t45-,46+,47-,48-,49-/m1/s1. The van der Waals surface area contributed by atoms with Crippen LogP contribution in [0.2, 0.25) is 0 Å². The van der Waals surface area contributed by atoms with Crippen LogP contribution in [0.5, 0.6) is 0 Å². The number of hydrogen-bond donors (Lipinski definition) is 4. The molecule has 1 heterocycles. The number of carbonyl (C=O) groups excluding carboxylic acids is 2. The minimum Gasteiger partial charge on any atom is -0.449 e.